The number of anilines is 1. The number of nitrogens with zero attached hydrogens (tertiary/aromatic N) is 5. The smallest absolute Gasteiger partial charge is 0.387 e. The van der Waals surface area contributed by atoms with Crippen molar-refractivity contribution in [3.05, 3.63) is 36.7 Å². The Morgan fingerprint density at radius 1 is 1.12 bits per heavy atom. The Kier molecular flexibility index (Phi) is 4.14. The number of fused-ring (bicyclic) bond motifs is 1. The largest absolute Gasteiger partial charge is 0.435 e. The lowest BCUT2D eigenvalue weighted by Crippen LogP contribution is -2.37. The average molecular weight is 347 g/mol. The minimum absolute atomic E-state index is 0.107. The number of morpholine rings is 1. The topological polar surface area (TPSA) is 64.8 Å². The highest BCUT2D eigenvalue weighted by atomic mass is 19.3. The van der Waals surface area contributed by atoms with Crippen molar-refractivity contribution >= 4 is 11.6 Å². The van der Waals surface area contributed by atoms with Gasteiger partial charge in [-0.3, -0.25) is 0 Å². The molecule has 3 heterocycles. The van der Waals surface area contributed by atoms with Gasteiger partial charge >= 0.3 is 6.61 Å². The summed E-state index contributed by atoms with van der Waals surface area (Å²) < 4.78 is 36.0. The summed E-state index contributed by atoms with van der Waals surface area (Å²) in [6, 6.07) is 8.28. The van der Waals surface area contributed by atoms with E-state index in [1.807, 2.05) is 6.07 Å². The molecule has 0 bridgehead atoms. The first-order valence-electron chi connectivity index (χ1n) is 7.79. The van der Waals surface area contributed by atoms with E-state index in [0.29, 0.717) is 24.7 Å². The summed E-state index contributed by atoms with van der Waals surface area (Å²) in [6.07, 6.45) is 1.45. The molecule has 0 amide bonds. The van der Waals surface area contributed by atoms with Crippen molar-refractivity contribution in [1.82, 2.24) is 19.6 Å². The van der Waals surface area contributed by atoms with Crippen molar-refractivity contribution in [2.75, 3.05) is 31.2 Å². The molecule has 1 saturated heterocycles. The van der Waals surface area contributed by atoms with Crippen molar-refractivity contribution in [3.63, 3.8) is 0 Å². The molecule has 1 aliphatic rings. The van der Waals surface area contributed by atoms with Crippen molar-refractivity contribution in [3.8, 4) is 17.0 Å². The molecule has 1 aromatic carbocycles. The lowest BCUT2D eigenvalue weighted by atomic mass is 10.1. The number of benzene rings is 1. The van der Waals surface area contributed by atoms with Crippen LogP contribution in [-0.4, -0.2) is 52.5 Å². The Labute approximate surface area is 141 Å². The molecule has 0 radical (unpaired) electrons. The molecule has 0 aliphatic carbocycles. The molecule has 1 aliphatic heterocycles. The third-order valence-electron chi connectivity index (χ3n) is 3.94. The third kappa shape index (κ3) is 3.22. The predicted octanol–water partition coefficient (Wildman–Crippen LogP) is 2.23. The Balaban J connectivity index is 1.72. The molecular formula is C16H15F2N5O2. The van der Waals surface area contributed by atoms with Gasteiger partial charge in [0.25, 0.3) is 5.78 Å². The zero-order chi connectivity index (χ0) is 17.2. The lowest BCUT2D eigenvalue weighted by molar-refractivity contribution is -0.0498. The summed E-state index contributed by atoms with van der Waals surface area (Å²) in [4.78, 5) is 10.8. The van der Waals surface area contributed by atoms with Crippen LogP contribution in [0.1, 0.15) is 0 Å². The summed E-state index contributed by atoms with van der Waals surface area (Å²) in [5.41, 5.74) is 1.47. The summed E-state index contributed by atoms with van der Waals surface area (Å²) in [6.45, 7) is -0.0514. The molecule has 0 N–H and O–H groups in total. The molecule has 3 aromatic rings. The Hall–Kier alpha value is -2.81. The van der Waals surface area contributed by atoms with Crippen molar-refractivity contribution in [2.24, 2.45) is 0 Å². The second-order valence-corrected chi connectivity index (χ2v) is 5.47. The van der Waals surface area contributed by atoms with Crippen LogP contribution in [-0.2, 0) is 4.74 Å². The molecule has 0 spiro atoms. The zero-order valence-corrected chi connectivity index (χ0v) is 13.2. The fraction of sp³-hybridized carbons (Fsp3) is 0.312. The molecule has 1 fully saturated rings. The van der Waals surface area contributed by atoms with Crippen LogP contribution in [0.15, 0.2) is 36.7 Å². The summed E-state index contributed by atoms with van der Waals surface area (Å²) >= 11 is 0. The van der Waals surface area contributed by atoms with Crippen molar-refractivity contribution < 1.29 is 18.3 Å². The van der Waals surface area contributed by atoms with Gasteiger partial charge in [-0.25, -0.2) is 4.98 Å². The van der Waals surface area contributed by atoms with Gasteiger partial charge in [0.2, 0.25) is 0 Å². The maximum Gasteiger partial charge on any atom is 0.387 e. The van der Waals surface area contributed by atoms with E-state index in [9.17, 15) is 8.78 Å². The van der Waals surface area contributed by atoms with Gasteiger partial charge in [-0.1, -0.05) is 0 Å². The van der Waals surface area contributed by atoms with E-state index in [1.54, 1.807) is 16.6 Å². The molecule has 2 aromatic heterocycles. The van der Waals surface area contributed by atoms with Gasteiger partial charge in [-0.2, -0.15) is 23.4 Å². The second-order valence-electron chi connectivity index (χ2n) is 5.47. The monoisotopic (exact) mass is 347 g/mol. The van der Waals surface area contributed by atoms with E-state index < -0.39 is 6.61 Å². The van der Waals surface area contributed by atoms with Gasteiger partial charge in [-0.15, -0.1) is 0 Å². The number of alkyl halides is 2. The van der Waals surface area contributed by atoms with Gasteiger partial charge in [0.05, 0.1) is 18.9 Å². The SMILES string of the molecule is FC(F)Oc1ccc(-c2cc(N3CCOCC3)n3ncnc3n2)cc1. The van der Waals surface area contributed by atoms with Crippen molar-refractivity contribution in [1.29, 1.82) is 0 Å². The van der Waals surface area contributed by atoms with E-state index in [0.717, 1.165) is 24.5 Å². The highest BCUT2D eigenvalue weighted by Crippen LogP contribution is 2.26. The minimum Gasteiger partial charge on any atom is -0.435 e. The average Bonchev–Trinajstić information content (AvgIpc) is 3.10. The van der Waals surface area contributed by atoms with Crippen LogP contribution in [0.5, 0.6) is 5.75 Å². The highest BCUT2D eigenvalue weighted by molar-refractivity contribution is 5.66. The standard InChI is InChI=1S/C16H15F2N5O2/c17-15(18)25-12-3-1-11(2-4-12)13-9-14(22-5-7-24-8-6-22)23-16(21-13)19-10-20-23/h1-4,9-10,15H,5-8H2. The summed E-state index contributed by atoms with van der Waals surface area (Å²) in [7, 11) is 0. The van der Waals surface area contributed by atoms with E-state index >= 15 is 0 Å². The quantitative estimate of drug-likeness (QED) is 0.721. The van der Waals surface area contributed by atoms with Gasteiger partial charge in [0, 0.05) is 24.7 Å². The Morgan fingerprint density at radius 3 is 2.60 bits per heavy atom. The number of hydrogen-bond donors (Lipinski definition) is 0. The van der Waals surface area contributed by atoms with Crippen LogP contribution in [0.4, 0.5) is 14.6 Å². The second kappa shape index (κ2) is 6.60. The summed E-state index contributed by atoms with van der Waals surface area (Å²) in [5.74, 6) is 1.45. The molecule has 0 unspecified atom stereocenters. The predicted molar refractivity (Wildman–Crippen MR) is 85.9 cm³/mol. The molecule has 25 heavy (non-hydrogen) atoms. The van der Waals surface area contributed by atoms with E-state index in [-0.39, 0.29) is 5.75 Å². The van der Waals surface area contributed by atoms with E-state index in [2.05, 4.69) is 24.7 Å². The van der Waals surface area contributed by atoms with E-state index in [4.69, 9.17) is 4.74 Å². The zero-order valence-electron chi connectivity index (χ0n) is 13.2. The molecule has 0 saturated carbocycles. The first-order valence-corrected chi connectivity index (χ1v) is 7.79. The van der Waals surface area contributed by atoms with Crippen LogP contribution in [0.3, 0.4) is 0 Å². The van der Waals surface area contributed by atoms with E-state index in [1.165, 1.54) is 18.5 Å². The first-order chi connectivity index (χ1) is 12.2. The van der Waals surface area contributed by atoms with Crippen molar-refractivity contribution in [2.45, 2.75) is 6.61 Å². The maximum absolute atomic E-state index is 12.3. The number of hydrogen-bond acceptors (Lipinski definition) is 6. The summed E-state index contributed by atoms with van der Waals surface area (Å²) in [5, 5.41) is 4.23. The van der Waals surface area contributed by atoms with Crippen LogP contribution >= 0.6 is 0 Å². The van der Waals surface area contributed by atoms with Gasteiger partial charge in [-0.05, 0) is 24.3 Å². The number of halogens is 2. The molecule has 7 nitrogen and oxygen atoms in total. The Bertz CT molecular complexity index is 863. The minimum atomic E-state index is -2.84. The first kappa shape index (κ1) is 15.7. The van der Waals surface area contributed by atoms with Crippen LogP contribution in [0.25, 0.3) is 17.0 Å². The Morgan fingerprint density at radius 2 is 1.88 bits per heavy atom. The van der Waals surface area contributed by atoms with Gasteiger partial charge < -0.3 is 14.4 Å². The van der Waals surface area contributed by atoms with Crippen LogP contribution < -0.4 is 9.64 Å². The molecule has 130 valence electrons. The van der Waals surface area contributed by atoms with Crippen LogP contribution in [0.2, 0.25) is 0 Å². The molecular weight excluding hydrogens is 332 g/mol. The van der Waals surface area contributed by atoms with Gasteiger partial charge in [0.15, 0.2) is 0 Å². The van der Waals surface area contributed by atoms with Gasteiger partial charge in [0.1, 0.15) is 17.9 Å². The fourth-order valence-corrected chi connectivity index (χ4v) is 2.77. The highest BCUT2D eigenvalue weighted by Gasteiger charge is 2.17. The lowest BCUT2D eigenvalue weighted by Gasteiger charge is -2.28. The maximum atomic E-state index is 12.3. The number of ether oxygens (including phenoxy) is 2. The normalized spacial score (nSPS) is 15.1. The number of rotatable bonds is 4. The van der Waals surface area contributed by atoms with Crippen LogP contribution in [0, 0.1) is 0 Å². The third-order valence-corrected chi connectivity index (χ3v) is 3.94. The molecule has 0 atom stereocenters. The number of aromatic nitrogens is 4. The molecule has 4 rings (SSSR count). The molecule has 9 heteroatoms. The fourth-order valence-electron chi connectivity index (χ4n) is 2.77.